The molecule has 1 aliphatic heterocycles. The second kappa shape index (κ2) is 34.8. The quantitative estimate of drug-likeness (QED) is 0.0172. The number of carboxylic acid groups (broad SMARTS) is 2. The average molecular weight is 1200 g/mol. The number of amides is 11. The first-order valence-corrected chi connectivity index (χ1v) is 28.6. The fraction of sp³-hybridized carbons (Fsp3) is 0.577. The third-order valence-electron chi connectivity index (χ3n) is 13.2. The number of nitrogens with one attached hydrogen (secondary N) is 9. The molecule has 3 rings (SSSR count). The molecule has 1 aromatic heterocycles. The van der Waals surface area contributed by atoms with E-state index in [0.717, 1.165) is 10.9 Å². The number of primary amides is 2. The molecule has 9 atom stereocenters. The van der Waals surface area contributed by atoms with E-state index in [1.54, 1.807) is 18.5 Å². The van der Waals surface area contributed by atoms with E-state index in [9.17, 15) is 72.5 Å². The lowest BCUT2D eigenvalue weighted by Gasteiger charge is -2.29. The normalized spacial score (nSPS) is 15.7. The van der Waals surface area contributed by atoms with Crippen molar-refractivity contribution < 1.29 is 72.5 Å². The van der Waals surface area contributed by atoms with Gasteiger partial charge >= 0.3 is 11.9 Å². The molecule has 11 amide bonds. The van der Waals surface area contributed by atoms with Gasteiger partial charge in [0.25, 0.3) is 0 Å². The van der Waals surface area contributed by atoms with Crippen molar-refractivity contribution in [3.8, 4) is 0 Å². The van der Waals surface area contributed by atoms with E-state index < -0.39 is 170 Å². The Kier molecular flexibility index (Phi) is 28.9. The number of nitrogens with two attached hydrogens (primary N) is 5. The Morgan fingerprint density at radius 1 is 0.702 bits per heavy atom. The van der Waals surface area contributed by atoms with Crippen LogP contribution in [0.2, 0.25) is 0 Å². The van der Waals surface area contributed by atoms with Gasteiger partial charge in [0.1, 0.15) is 48.3 Å². The zero-order valence-corrected chi connectivity index (χ0v) is 48.2. The lowest BCUT2D eigenvalue weighted by atomic mass is 10.0. The van der Waals surface area contributed by atoms with Crippen molar-refractivity contribution in [3.05, 3.63) is 36.0 Å². The first-order valence-electron chi connectivity index (χ1n) is 27.2. The number of para-hydroxylation sites is 1. The summed E-state index contributed by atoms with van der Waals surface area (Å²) in [4.78, 5) is 179. The standard InChI is InChI=1S/C52H80N16O15S/c1-26(2)21-30(53)43(74)66-36(22-28-24-59-31-10-6-5-9-29(28)31)47(78)63-34(14-16-42(72)73)45(76)61-27(3)50(81)68-19-8-12-38(68)49(80)64-32(11-7-18-58-52(56)57)44(75)60-25-41(71)62-33(13-15-39(54)69)46(77)67-37(23-40(55)70)48(79)65-35(51(82)83)17-20-84-4/h5-6,9-10,24,26-27,30,32-38,59H,7-8,11-23,25,53H2,1-4H3,(H2,54,69)(H2,55,70)(H,60,75)(H,61,76)(H,62,71)(H,63,78)(H,64,80)(H,65,79)(H,66,74)(H,67,77)(H,72,73)(H,82,83)(H4,56,57,58)/t27-,30-,32-,33-,34-,35-,36-,37-,38-/m0/s1. The summed E-state index contributed by atoms with van der Waals surface area (Å²) in [5.74, 6) is -12.7. The molecular weight excluding hydrogens is 1120 g/mol. The van der Waals surface area contributed by atoms with Crippen molar-refractivity contribution in [1.82, 2.24) is 52.4 Å². The number of carboxylic acids is 2. The second-order valence-electron chi connectivity index (χ2n) is 20.5. The van der Waals surface area contributed by atoms with Gasteiger partial charge in [0.15, 0.2) is 5.96 Å². The van der Waals surface area contributed by atoms with Gasteiger partial charge in [0.05, 0.1) is 19.0 Å². The zero-order chi connectivity index (χ0) is 62.8. The number of carbonyl (C=O) groups excluding carboxylic acids is 11. The molecule has 0 bridgehead atoms. The minimum Gasteiger partial charge on any atom is -0.481 e. The maximum absolute atomic E-state index is 14.1. The number of nitrogens with zero attached hydrogens (tertiary/aromatic N) is 2. The van der Waals surface area contributed by atoms with Gasteiger partial charge in [0.2, 0.25) is 65.0 Å². The summed E-state index contributed by atoms with van der Waals surface area (Å²) in [5, 5.41) is 39.4. The Bertz CT molecular complexity index is 2720. The number of aliphatic imine (C=N–C) groups is 1. The fourth-order valence-electron chi connectivity index (χ4n) is 8.94. The van der Waals surface area contributed by atoms with Crippen LogP contribution in [-0.2, 0) is 68.7 Å². The average Bonchev–Trinajstić information content (AvgIpc) is 4.27. The molecule has 0 aliphatic carbocycles. The van der Waals surface area contributed by atoms with Crippen LogP contribution in [0, 0.1) is 5.92 Å². The Labute approximate surface area is 488 Å². The van der Waals surface area contributed by atoms with Gasteiger partial charge in [-0.15, -0.1) is 0 Å². The highest BCUT2D eigenvalue weighted by atomic mass is 32.2. The molecule has 32 heteroatoms. The lowest BCUT2D eigenvalue weighted by Crippen LogP contribution is -2.59. The Morgan fingerprint density at radius 2 is 1.30 bits per heavy atom. The molecule has 84 heavy (non-hydrogen) atoms. The van der Waals surface area contributed by atoms with E-state index in [4.69, 9.17) is 28.7 Å². The Morgan fingerprint density at radius 3 is 1.93 bits per heavy atom. The number of fused-ring (bicyclic) bond motifs is 1. The van der Waals surface area contributed by atoms with Crippen LogP contribution in [0.5, 0.6) is 0 Å². The summed E-state index contributed by atoms with van der Waals surface area (Å²) >= 11 is 1.30. The molecule has 0 spiro atoms. The fourth-order valence-corrected chi connectivity index (χ4v) is 9.41. The molecule has 21 N–H and O–H groups in total. The predicted octanol–water partition coefficient (Wildman–Crippen LogP) is -4.50. The van der Waals surface area contributed by atoms with E-state index in [0.29, 0.717) is 24.2 Å². The minimum absolute atomic E-state index is 0.00627. The van der Waals surface area contributed by atoms with Crippen LogP contribution in [-0.4, -0.2) is 189 Å². The van der Waals surface area contributed by atoms with Crippen LogP contribution in [0.4, 0.5) is 0 Å². The highest BCUT2D eigenvalue weighted by molar-refractivity contribution is 7.98. The molecule has 1 fully saturated rings. The SMILES string of the molecule is CSCC[C@H](NC(=O)[C@H](CC(N)=O)NC(=O)[C@H](CCC(N)=O)NC(=O)CNC(=O)[C@H](CCCN=C(N)N)NC(=O)[C@@H]1CCCN1C(=O)[C@H](C)NC(=O)[C@H](CCC(=O)O)NC(=O)[C@H](Cc1c[nH]c2ccccc12)NC(=O)[C@@H](N)CC(C)C)C(=O)O. The van der Waals surface area contributed by atoms with Gasteiger partial charge in [-0.25, -0.2) is 4.79 Å². The predicted molar refractivity (Wildman–Crippen MR) is 306 cm³/mol. The molecular formula is C52H80N16O15S. The maximum Gasteiger partial charge on any atom is 0.326 e. The minimum atomic E-state index is -1.72. The summed E-state index contributed by atoms with van der Waals surface area (Å²) in [7, 11) is 0. The van der Waals surface area contributed by atoms with Crippen LogP contribution in [0.3, 0.4) is 0 Å². The van der Waals surface area contributed by atoms with E-state index in [-0.39, 0.29) is 57.1 Å². The van der Waals surface area contributed by atoms with Gasteiger partial charge in [0, 0.05) is 49.5 Å². The molecule has 464 valence electrons. The van der Waals surface area contributed by atoms with Crippen LogP contribution >= 0.6 is 11.8 Å². The van der Waals surface area contributed by atoms with E-state index in [1.165, 1.54) is 23.6 Å². The van der Waals surface area contributed by atoms with Crippen molar-refractivity contribution in [3.63, 3.8) is 0 Å². The molecule has 1 aliphatic rings. The number of rotatable bonds is 37. The summed E-state index contributed by atoms with van der Waals surface area (Å²) < 4.78 is 0. The van der Waals surface area contributed by atoms with E-state index in [2.05, 4.69) is 52.5 Å². The monoisotopic (exact) mass is 1200 g/mol. The van der Waals surface area contributed by atoms with Gasteiger partial charge in [-0.3, -0.25) is 62.5 Å². The van der Waals surface area contributed by atoms with Crippen molar-refractivity contribution >= 4 is 106 Å². The van der Waals surface area contributed by atoms with Gasteiger partial charge < -0.3 is 91.3 Å². The number of H-pyrrole nitrogens is 1. The first-order chi connectivity index (χ1) is 39.6. The van der Waals surface area contributed by atoms with Crippen LogP contribution in [0.25, 0.3) is 10.9 Å². The van der Waals surface area contributed by atoms with Crippen LogP contribution < -0.4 is 71.2 Å². The number of hydrogen-bond acceptors (Lipinski definition) is 16. The highest BCUT2D eigenvalue weighted by Crippen LogP contribution is 2.21. The third-order valence-corrected chi connectivity index (χ3v) is 13.9. The van der Waals surface area contributed by atoms with Gasteiger partial charge in [-0.05, 0) is 87.8 Å². The third kappa shape index (κ3) is 23.7. The number of aliphatic carboxylic acids is 2. The number of aromatic amines is 1. The highest BCUT2D eigenvalue weighted by Gasteiger charge is 2.39. The Balaban J connectivity index is 1.78. The van der Waals surface area contributed by atoms with E-state index in [1.807, 2.05) is 32.0 Å². The second-order valence-corrected chi connectivity index (χ2v) is 21.5. The van der Waals surface area contributed by atoms with Crippen molar-refractivity contribution in [2.45, 2.75) is 152 Å². The molecule has 2 heterocycles. The summed E-state index contributed by atoms with van der Waals surface area (Å²) in [6.07, 6.45) is 1.25. The number of thioether (sulfide) groups is 1. The topological polar surface area (TPSA) is 520 Å². The smallest absolute Gasteiger partial charge is 0.326 e. The summed E-state index contributed by atoms with van der Waals surface area (Å²) in [5.41, 5.74) is 29.1. The summed E-state index contributed by atoms with van der Waals surface area (Å²) in [6.45, 7) is 4.22. The molecule has 0 radical (unpaired) electrons. The molecule has 0 saturated carbocycles. The Hall–Kier alpha value is -8.55. The van der Waals surface area contributed by atoms with Crippen molar-refractivity contribution in [2.24, 2.45) is 39.6 Å². The number of aromatic nitrogens is 1. The number of hydrogen-bond donors (Lipinski definition) is 16. The number of guanidine groups is 1. The molecule has 31 nitrogen and oxygen atoms in total. The van der Waals surface area contributed by atoms with Gasteiger partial charge in [-0.1, -0.05) is 32.0 Å². The van der Waals surface area contributed by atoms with Crippen LogP contribution in [0.1, 0.15) is 97.0 Å². The zero-order valence-electron chi connectivity index (χ0n) is 47.4. The first kappa shape index (κ1) is 69.7. The maximum atomic E-state index is 14.1. The molecule has 0 unspecified atom stereocenters. The number of carbonyl (C=O) groups is 13. The largest absolute Gasteiger partial charge is 0.481 e. The van der Waals surface area contributed by atoms with Crippen molar-refractivity contribution in [1.29, 1.82) is 0 Å². The lowest BCUT2D eigenvalue weighted by molar-refractivity contribution is -0.142. The van der Waals surface area contributed by atoms with Crippen LogP contribution in [0.15, 0.2) is 35.5 Å². The number of likely N-dealkylation sites (tertiary alicyclic amines) is 1. The van der Waals surface area contributed by atoms with E-state index >= 15 is 0 Å². The summed E-state index contributed by atoms with van der Waals surface area (Å²) in [6, 6.07) is -5.32. The molecule has 1 aromatic carbocycles. The molecule has 1 saturated heterocycles. The molecule has 2 aromatic rings. The number of benzene rings is 1. The van der Waals surface area contributed by atoms with Gasteiger partial charge in [-0.2, -0.15) is 11.8 Å². The van der Waals surface area contributed by atoms with Crippen molar-refractivity contribution in [2.75, 3.05) is 31.6 Å².